The molecule has 0 radical (unpaired) electrons. The average Bonchev–Trinajstić information content (AvgIpc) is 2.59. The first-order chi connectivity index (χ1) is 6.77. The van der Waals surface area contributed by atoms with Crippen LogP contribution in [0.2, 0.25) is 0 Å². The van der Waals surface area contributed by atoms with E-state index < -0.39 is 0 Å². The molecule has 84 valence electrons. The first-order valence-electron chi connectivity index (χ1n) is 6.19. The summed E-state index contributed by atoms with van der Waals surface area (Å²) >= 11 is 0. The van der Waals surface area contributed by atoms with Gasteiger partial charge in [-0.25, -0.2) is 0 Å². The van der Waals surface area contributed by atoms with Gasteiger partial charge in [0.1, 0.15) is 0 Å². The first-order valence-corrected chi connectivity index (χ1v) is 6.19. The van der Waals surface area contributed by atoms with Crippen molar-refractivity contribution >= 4 is 0 Å². The van der Waals surface area contributed by atoms with Crippen molar-refractivity contribution in [2.75, 3.05) is 20.1 Å². The molecule has 1 aliphatic rings. The molecule has 0 aromatic heterocycles. The normalized spacial score (nSPS) is 25.5. The van der Waals surface area contributed by atoms with E-state index >= 15 is 0 Å². The molecule has 1 fully saturated rings. The zero-order valence-corrected chi connectivity index (χ0v) is 10.1. The van der Waals surface area contributed by atoms with Gasteiger partial charge in [0.2, 0.25) is 0 Å². The minimum absolute atomic E-state index is 0.730. The van der Waals surface area contributed by atoms with E-state index in [0.29, 0.717) is 0 Å². The highest BCUT2D eigenvalue weighted by atomic mass is 15.2. The van der Waals surface area contributed by atoms with Gasteiger partial charge in [-0.2, -0.15) is 0 Å². The Morgan fingerprint density at radius 1 is 1.50 bits per heavy atom. The van der Waals surface area contributed by atoms with E-state index in [1.54, 1.807) is 0 Å². The molecular weight excluding hydrogens is 172 g/mol. The molecule has 1 rings (SSSR count). The van der Waals surface area contributed by atoms with Crippen LogP contribution < -0.4 is 5.32 Å². The molecule has 1 N–H and O–H groups in total. The monoisotopic (exact) mass is 198 g/mol. The van der Waals surface area contributed by atoms with Gasteiger partial charge in [-0.3, -0.25) is 0 Å². The summed E-state index contributed by atoms with van der Waals surface area (Å²) in [5.74, 6) is 0. The third-order valence-electron chi connectivity index (χ3n) is 3.59. The Bertz CT molecular complexity index is 143. The van der Waals surface area contributed by atoms with Crippen molar-refractivity contribution in [3.8, 4) is 0 Å². The Morgan fingerprint density at radius 2 is 2.29 bits per heavy atom. The standard InChI is InChI=1S/C12H26N2/c1-4-12(13-3)8-6-10-14-9-5-7-11(14)2/h11-13H,4-10H2,1-3H3. The van der Waals surface area contributed by atoms with Crippen LogP contribution in [-0.2, 0) is 0 Å². The largest absolute Gasteiger partial charge is 0.317 e. The van der Waals surface area contributed by atoms with Crippen LogP contribution in [0.25, 0.3) is 0 Å². The number of nitrogens with zero attached hydrogens (tertiary/aromatic N) is 1. The summed E-state index contributed by atoms with van der Waals surface area (Å²) in [7, 11) is 2.08. The van der Waals surface area contributed by atoms with Gasteiger partial charge < -0.3 is 10.2 Å². The van der Waals surface area contributed by atoms with Gasteiger partial charge in [-0.15, -0.1) is 0 Å². The predicted octanol–water partition coefficient (Wildman–Crippen LogP) is 2.25. The van der Waals surface area contributed by atoms with Crippen LogP contribution in [0.5, 0.6) is 0 Å². The molecule has 0 aromatic carbocycles. The van der Waals surface area contributed by atoms with E-state index in [2.05, 4.69) is 31.1 Å². The fraction of sp³-hybridized carbons (Fsp3) is 1.00. The quantitative estimate of drug-likeness (QED) is 0.704. The zero-order valence-electron chi connectivity index (χ0n) is 10.1. The minimum atomic E-state index is 0.730. The van der Waals surface area contributed by atoms with Crippen LogP contribution >= 0.6 is 0 Å². The van der Waals surface area contributed by atoms with E-state index in [0.717, 1.165) is 12.1 Å². The lowest BCUT2D eigenvalue weighted by molar-refractivity contribution is 0.258. The summed E-state index contributed by atoms with van der Waals surface area (Å²) in [5, 5.41) is 3.37. The van der Waals surface area contributed by atoms with Crippen LogP contribution in [0.1, 0.15) is 46.0 Å². The Hall–Kier alpha value is -0.0800. The Balaban J connectivity index is 2.08. The maximum Gasteiger partial charge on any atom is 0.00674 e. The molecule has 2 heteroatoms. The lowest BCUT2D eigenvalue weighted by Gasteiger charge is -2.22. The van der Waals surface area contributed by atoms with Crippen molar-refractivity contribution in [2.24, 2.45) is 0 Å². The van der Waals surface area contributed by atoms with Crippen LogP contribution in [0.4, 0.5) is 0 Å². The summed E-state index contributed by atoms with van der Waals surface area (Å²) in [6, 6.07) is 1.57. The predicted molar refractivity (Wildman–Crippen MR) is 62.6 cm³/mol. The van der Waals surface area contributed by atoms with E-state index in [9.17, 15) is 0 Å². The molecule has 0 spiro atoms. The minimum Gasteiger partial charge on any atom is -0.317 e. The second-order valence-electron chi connectivity index (χ2n) is 4.56. The summed E-state index contributed by atoms with van der Waals surface area (Å²) in [5.41, 5.74) is 0. The molecule has 0 saturated carbocycles. The van der Waals surface area contributed by atoms with Gasteiger partial charge in [-0.05, 0) is 59.2 Å². The fourth-order valence-electron chi connectivity index (χ4n) is 2.42. The zero-order chi connectivity index (χ0) is 10.4. The van der Waals surface area contributed by atoms with Crippen molar-refractivity contribution in [3.05, 3.63) is 0 Å². The molecular formula is C12H26N2. The third kappa shape index (κ3) is 3.58. The second-order valence-corrected chi connectivity index (χ2v) is 4.56. The summed E-state index contributed by atoms with van der Waals surface area (Å²) in [4.78, 5) is 2.64. The van der Waals surface area contributed by atoms with Gasteiger partial charge >= 0.3 is 0 Å². The molecule has 1 aliphatic heterocycles. The Morgan fingerprint density at radius 3 is 2.79 bits per heavy atom. The van der Waals surface area contributed by atoms with Crippen molar-refractivity contribution in [1.82, 2.24) is 10.2 Å². The van der Waals surface area contributed by atoms with Crippen LogP contribution in [0.15, 0.2) is 0 Å². The molecule has 0 aliphatic carbocycles. The Labute approximate surface area is 89.1 Å². The third-order valence-corrected chi connectivity index (χ3v) is 3.59. The maximum absolute atomic E-state index is 3.37. The number of likely N-dealkylation sites (tertiary alicyclic amines) is 1. The van der Waals surface area contributed by atoms with Crippen molar-refractivity contribution in [2.45, 2.75) is 58.0 Å². The molecule has 2 unspecified atom stereocenters. The molecule has 2 nitrogen and oxygen atoms in total. The molecule has 1 heterocycles. The summed E-state index contributed by atoms with van der Waals surface area (Å²) in [6.07, 6.45) is 6.75. The molecule has 2 atom stereocenters. The highest BCUT2D eigenvalue weighted by Crippen LogP contribution is 2.17. The molecule has 1 saturated heterocycles. The first kappa shape index (κ1) is 12.0. The highest BCUT2D eigenvalue weighted by Gasteiger charge is 2.19. The van der Waals surface area contributed by atoms with Gasteiger partial charge in [0, 0.05) is 12.1 Å². The number of hydrogen-bond acceptors (Lipinski definition) is 2. The molecule has 0 bridgehead atoms. The maximum atomic E-state index is 3.37. The van der Waals surface area contributed by atoms with E-state index in [4.69, 9.17) is 0 Å². The van der Waals surface area contributed by atoms with Crippen molar-refractivity contribution < 1.29 is 0 Å². The highest BCUT2D eigenvalue weighted by molar-refractivity contribution is 4.75. The summed E-state index contributed by atoms with van der Waals surface area (Å²) in [6.45, 7) is 7.26. The van der Waals surface area contributed by atoms with E-state index in [1.807, 2.05) is 0 Å². The van der Waals surface area contributed by atoms with Crippen LogP contribution in [0, 0.1) is 0 Å². The second kappa shape index (κ2) is 6.41. The smallest absolute Gasteiger partial charge is 0.00674 e. The average molecular weight is 198 g/mol. The van der Waals surface area contributed by atoms with Crippen molar-refractivity contribution in [1.29, 1.82) is 0 Å². The number of hydrogen-bond donors (Lipinski definition) is 1. The van der Waals surface area contributed by atoms with Gasteiger partial charge in [0.05, 0.1) is 0 Å². The number of rotatable bonds is 6. The van der Waals surface area contributed by atoms with Gasteiger partial charge in [0.25, 0.3) is 0 Å². The van der Waals surface area contributed by atoms with Gasteiger partial charge in [-0.1, -0.05) is 6.92 Å². The van der Waals surface area contributed by atoms with Crippen molar-refractivity contribution in [3.63, 3.8) is 0 Å². The SMILES string of the molecule is CCC(CCCN1CCCC1C)NC. The lowest BCUT2D eigenvalue weighted by Crippen LogP contribution is -2.30. The van der Waals surface area contributed by atoms with Gasteiger partial charge in [0.15, 0.2) is 0 Å². The van der Waals surface area contributed by atoms with E-state index in [-0.39, 0.29) is 0 Å². The van der Waals surface area contributed by atoms with E-state index in [1.165, 1.54) is 45.2 Å². The lowest BCUT2D eigenvalue weighted by atomic mass is 10.1. The molecule has 14 heavy (non-hydrogen) atoms. The summed E-state index contributed by atoms with van der Waals surface area (Å²) < 4.78 is 0. The molecule has 0 amide bonds. The topological polar surface area (TPSA) is 15.3 Å². The molecule has 0 aromatic rings. The van der Waals surface area contributed by atoms with Crippen LogP contribution in [-0.4, -0.2) is 37.1 Å². The Kier molecular flexibility index (Phi) is 5.49. The fourth-order valence-corrected chi connectivity index (χ4v) is 2.42. The number of nitrogens with one attached hydrogen (secondary N) is 1. The van der Waals surface area contributed by atoms with Crippen LogP contribution in [0.3, 0.4) is 0 Å².